The molecule has 8 heteroatoms. The number of benzene rings is 3. The van der Waals surface area contributed by atoms with Gasteiger partial charge < -0.3 is 24.2 Å². The van der Waals surface area contributed by atoms with Crippen molar-refractivity contribution < 1.29 is 28.9 Å². The van der Waals surface area contributed by atoms with Gasteiger partial charge >= 0.3 is 11.9 Å². The highest BCUT2D eigenvalue weighted by atomic mass is 16.5. The lowest BCUT2D eigenvalue weighted by Crippen LogP contribution is -2.49. The van der Waals surface area contributed by atoms with E-state index in [0.717, 1.165) is 68.8 Å². The van der Waals surface area contributed by atoms with Gasteiger partial charge in [-0.1, -0.05) is 66.7 Å². The largest absolute Gasteiger partial charge is 0.493 e. The SMILES string of the molecule is COc1ccc2c(c1OC)CCC(CN1CCN(C(c3ccccc3)c3ccccc3)CC1)C2OC(=O)/C=C/C(=O)O. The lowest BCUT2D eigenvalue weighted by Gasteiger charge is -2.42. The first kappa shape index (κ1) is 29.4. The second kappa shape index (κ2) is 13.7. The van der Waals surface area contributed by atoms with Gasteiger partial charge in [-0.3, -0.25) is 4.90 Å². The van der Waals surface area contributed by atoms with Gasteiger partial charge in [-0.05, 0) is 35.6 Å². The molecule has 5 rings (SSSR count). The summed E-state index contributed by atoms with van der Waals surface area (Å²) < 4.78 is 17.1. The van der Waals surface area contributed by atoms with Crippen LogP contribution < -0.4 is 9.47 Å². The summed E-state index contributed by atoms with van der Waals surface area (Å²) in [4.78, 5) is 28.7. The second-order valence-corrected chi connectivity index (χ2v) is 10.8. The molecule has 3 aromatic carbocycles. The molecule has 2 aliphatic rings. The van der Waals surface area contributed by atoms with Crippen LogP contribution in [0.25, 0.3) is 0 Å². The van der Waals surface area contributed by atoms with Crippen LogP contribution in [0.1, 0.15) is 40.8 Å². The Morgan fingerprint density at radius 2 is 1.52 bits per heavy atom. The van der Waals surface area contributed by atoms with E-state index in [1.165, 1.54) is 11.1 Å². The first-order chi connectivity index (χ1) is 20.5. The number of carbonyl (C=O) groups is 2. The zero-order chi connectivity index (χ0) is 29.5. The first-order valence-corrected chi connectivity index (χ1v) is 14.4. The summed E-state index contributed by atoms with van der Waals surface area (Å²) in [6.45, 7) is 4.38. The molecule has 0 spiro atoms. The number of carboxylic acid groups (broad SMARTS) is 1. The van der Waals surface area contributed by atoms with Crippen molar-refractivity contribution in [3.8, 4) is 11.5 Å². The monoisotopic (exact) mass is 570 g/mol. The molecule has 0 radical (unpaired) electrons. The molecule has 1 heterocycles. The fraction of sp³-hybridized carbons (Fsp3) is 0.353. The van der Waals surface area contributed by atoms with E-state index in [4.69, 9.17) is 19.3 Å². The van der Waals surface area contributed by atoms with Crippen molar-refractivity contribution in [1.29, 1.82) is 0 Å². The van der Waals surface area contributed by atoms with Crippen LogP contribution in [0.4, 0.5) is 0 Å². The summed E-state index contributed by atoms with van der Waals surface area (Å²) >= 11 is 0. The molecular weight excluding hydrogens is 532 g/mol. The zero-order valence-electron chi connectivity index (χ0n) is 24.1. The number of hydrogen-bond donors (Lipinski definition) is 1. The molecule has 2 atom stereocenters. The second-order valence-electron chi connectivity index (χ2n) is 10.8. The van der Waals surface area contributed by atoms with Crippen molar-refractivity contribution in [3.63, 3.8) is 0 Å². The van der Waals surface area contributed by atoms with E-state index < -0.39 is 18.0 Å². The minimum atomic E-state index is -1.19. The van der Waals surface area contributed by atoms with Crippen molar-refractivity contribution in [3.05, 3.63) is 107 Å². The van der Waals surface area contributed by atoms with Crippen LogP contribution >= 0.6 is 0 Å². The summed E-state index contributed by atoms with van der Waals surface area (Å²) in [6.07, 6.45) is 2.82. The van der Waals surface area contributed by atoms with Crippen LogP contribution in [0.15, 0.2) is 84.9 Å². The Kier molecular flexibility index (Phi) is 9.56. The quantitative estimate of drug-likeness (QED) is 0.272. The Hall–Kier alpha value is -4.14. The summed E-state index contributed by atoms with van der Waals surface area (Å²) in [6, 6.07) is 25.2. The highest BCUT2D eigenvalue weighted by Crippen LogP contribution is 2.45. The van der Waals surface area contributed by atoms with Gasteiger partial charge in [-0.2, -0.15) is 0 Å². The normalized spacial score (nSPS) is 19.4. The van der Waals surface area contributed by atoms with Gasteiger partial charge in [0.15, 0.2) is 11.5 Å². The first-order valence-electron chi connectivity index (χ1n) is 14.4. The van der Waals surface area contributed by atoms with Crippen LogP contribution in [0.5, 0.6) is 11.5 Å². The third-order valence-electron chi connectivity index (χ3n) is 8.28. The smallest absolute Gasteiger partial charge is 0.331 e. The molecule has 0 bridgehead atoms. The van der Waals surface area contributed by atoms with Gasteiger partial charge in [0, 0.05) is 56.4 Å². The van der Waals surface area contributed by atoms with Crippen LogP contribution in [0, 0.1) is 5.92 Å². The summed E-state index contributed by atoms with van der Waals surface area (Å²) in [5.41, 5.74) is 4.41. The van der Waals surface area contributed by atoms with Gasteiger partial charge in [-0.25, -0.2) is 9.59 Å². The highest BCUT2D eigenvalue weighted by Gasteiger charge is 2.37. The number of esters is 1. The van der Waals surface area contributed by atoms with Crippen molar-refractivity contribution in [2.75, 3.05) is 46.9 Å². The molecule has 1 aliphatic carbocycles. The average molecular weight is 571 g/mol. The van der Waals surface area contributed by atoms with Crippen molar-refractivity contribution in [2.45, 2.75) is 25.0 Å². The molecule has 8 nitrogen and oxygen atoms in total. The third-order valence-corrected chi connectivity index (χ3v) is 8.28. The van der Waals surface area contributed by atoms with E-state index in [0.29, 0.717) is 11.5 Å². The van der Waals surface area contributed by atoms with E-state index in [1.54, 1.807) is 14.2 Å². The van der Waals surface area contributed by atoms with E-state index in [-0.39, 0.29) is 12.0 Å². The minimum absolute atomic E-state index is 0.0448. The Morgan fingerprint density at radius 1 is 0.881 bits per heavy atom. The molecule has 1 saturated heterocycles. The number of fused-ring (bicyclic) bond motifs is 1. The molecule has 42 heavy (non-hydrogen) atoms. The van der Waals surface area contributed by atoms with Crippen molar-refractivity contribution >= 4 is 11.9 Å². The number of methoxy groups -OCH3 is 2. The topological polar surface area (TPSA) is 88.5 Å². The van der Waals surface area contributed by atoms with Crippen LogP contribution in [0.2, 0.25) is 0 Å². The zero-order valence-corrected chi connectivity index (χ0v) is 24.1. The molecule has 0 amide bonds. The van der Waals surface area contributed by atoms with E-state index in [2.05, 4.69) is 70.5 Å². The molecule has 220 valence electrons. The lowest BCUT2D eigenvalue weighted by atomic mass is 9.80. The predicted octanol–water partition coefficient (Wildman–Crippen LogP) is 4.90. The van der Waals surface area contributed by atoms with Gasteiger partial charge in [0.2, 0.25) is 0 Å². The van der Waals surface area contributed by atoms with E-state index in [9.17, 15) is 9.59 Å². The molecule has 1 fully saturated rings. The fourth-order valence-electron chi connectivity index (χ4n) is 6.34. The van der Waals surface area contributed by atoms with Crippen LogP contribution in [-0.4, -0.2) is 73.8 Å². The van der Waals surface area contributed by atoms with Gasteiger partial charge in [0.1, 0.15) is 6.10 Å². The average Bonchev–Trinajstić information content (AvgIpc) is 3.02. The van der Waals surface area contributed by atoms with Crippen molar-refractivity contribution in [1.82, 2.24) is 9.80 Å². The highest BCUT2D eigenvalue weighted by molar-refractivity contribution is 5.90. The molecule has 1 aliphatic heterocycles. The molecular formula is C34H38N2O6. The number of carboxylic acids is 1. The third kappa shape index (κ3) is 6.66. The minimum Gasteiger partial charge on any atom is -0.493 e. The molecule has 1 N–H and O–H groups in total. The number of piperazine rings is 1. The molecule has 0 aromatic heterocycles. The number of rotatable bonds is 10. The molecule has 0 saturated carbocycles. The van der Waals surface area contributed by atoms with E-state index >= 15 is 0 Å². The summed E-state index contributed by atoms with van der Waals surface area (Å²) in [7, 11) is 3.21. The van der Waals surface area contributed by atoms with Crippen LogP contribution in [0.3, 0.4) is 0 Å². The van der Waals surface area contributed by atoms with Crippen LogP contribution in [-0.2, 0) is 20.7 Å². The maximum atomic E-state index is 12.7. The lowest BCUT2D eigenvalue weighted by molar-refractivity contribution is -0.148. The van der Waals surface area contributed by atoms with Gasteiger partial charge in [0.25, 0.3) is 0 Å². The molecule has 3 aromatic rings. The Bertz CT molecular complexity index is 1350. The van der Waals surface area contributed by atoms with Gasteiger partial charge in [0.05, 0.1) is 20.3 Å². The Labute approximate surface area is 247 Å². The standard InChI is InChI=1S/C34H38N2O6/c1-40-29-16-15-27-28(34(29)41-2)14-13-26(33(27)42-31(39)18-17-30(37)38)23-35-19-21-36(22-20-35)32(24-9-5-3-6-10-24)25-11-7-4-8-12-25/h3-12,15-18,26,32-33H,13-14,19-23H2,1-2H3,(H,37,38)/b18-17+. The van der Waals surface area contributed by atoms with E-state index in [1.807, 2.05) is 12.1 Å². The number of aliphatic carboxylic acids is 1. The number of carbonyl (C=O) groups excluding carboxylic acids is 1. The Balaban J connectivity index is 1.33. The maximum absolute atomic E-state index is 12.7. The predicted molar refractivity (Wildman–Crippen MR) is 160 cm³/mol. The number of nitrogens with zero attached hydrogens (tertiary/aromatic N) is 2. The summed E-state index contributed by atoms with van der Waals surface area (Å²) in [5, 5.41) is 8.99. The molecule has 2 unspecified atom stereocenters. The Morgan fingerprint density at radius 3 is 2.10 bits per heavy atom. The number of hydrogen-bond acceptors (Lipinski definition) is 7. The maximum Gasteiger partial charge on any atom is 0.331 e. The van der Waals surface area contributed by atoms with Gasteiger partial charge in [-0.15, -0.1) is 0 Å². The fourth-order valence-corrected chi connectivity index (χ4v) is 6.34. The summed E-state index contributed by atoms with van der Waals surface area (Å²) in [5.74, 6) is -0.539. The van der Waals surface area contributed by atoms with Crippen molar-refractivity contribution in [2.24, 2.45) is 5.92 Å². The number of ether oxygens (including phenoxy) is 3.